The predicted octanol–water partition coefficient (Wildman–Crippen LogP) is 1.08. The Bertz CT molecular complexity index is 1230. The smallest absolute Gasteiger partial charge is 0.245 e. The van der Waals surface area contributed by atoms with Crippen LogP contribution in [-0.2, 0) is 23.1 Å². The van der Waals surface area contributed by atoms with E-state index in [0.29, 0.717) is 43.1 Å². The summed E-state index contributed by atoms with van der Waals surface area (Å²) in [6, 6.07) is 0. The van der Waals surface area contributed by atoms with Crippen molar-refractivity contribution >= 4 is 23.0 Å². The molecule has 11 heteroatoms. The molecule has 11 nitrogen and oxygen atoms in total. The van der Waals surface area contributed by atoms with Gasteiger partial charge in [0, 0.05) is 45.7 Å². The minimum atomic E-state index is -0.267. The van der Waals surface area contributed by atoms with E-state index in [1.807, 2.05) is 18.5 Å². The van der Waals surface area contributed by atoms with E-state index in [0.717, 1.165) is 29.2 Å². The molecule has 0 spiro atoms. The number of hydrogen-bond donors (Lipinski definition) is 1. The zero-order valence-corrected chi connectivity index (χ0v) is 19.3. The van der Waals surface area contributed by atoms with Crippen molar-refractivity contribution in [1.29, 1.82) is 0 Å². The number of imidazole rings is 1. The number of aromatic nitrogens is 6. The second kappa shape index (κ2) is 8.13. The molecule has 3 aromatic rings. The molecule has 2 fully saturated rings. The van der Waals surface area contributed by atoms with Crippen LogP contribution in [0.25, 0.3) is 22.6 Å². The first-order valence-electron chi connectivity index (χ1n) is 11.3. The molecule has 0 radical (unpaired) electrons. The van der Waals surface area contributed by atoms with Crippen molar-refractivity contribution < 1.29 is 14.3 Å². The molecule has 3 aromatic heterocycles. The Morgan fingerprint density at radius 2 is 2.09 bits per heavy atom. The van der Waals surface area contributed by atoms with Gasteiger partial charge in [0.2, 0.25) is 17.7 Å². The molecule has 0 aromatic carbocycles. The van der Waals surface area contributed by atoms with Gasteiger partial charge in [0.05, 0.1) is 23.7 Å². The number of amides is 2. The van der Waals surface area contributed by atoms with Crippen LogP contribution in [0.15, 0.2) is 6.33 Å². The number of aromatic amines is 1. The molecular weight excluding hydrogens is 424 g/mol. The lowest BCUT2D eigenvalue weighted by molar-refractivity contribution is -0.135. The first kappa shape index (κ1) is 21.4. The van der Waals surface area contributed by atoms with E-state index in [1.54, 1.807) is 16.8 Å². The van der Waals surface area contributed by atoms with Crippen molar-refractivity contribution in [2.45, 2.75) is 39.2 Å². The fourth-order valence-corrected chi connectivity index (χ4v) is 4.79. The van der Waals surface area contributed by atoms with Gasteiger partial charge in [0.15, 0.2) is 11.2 Å². The van der Waals surface area contributed by atoms with Crippen LogP contribution < -0.4 is 4.74 Å². The lowest BCUT2D eigenvalue weighted by atomic mass is 10.1. The van der Waals surface area contributed by atoms with Gasteiger partial charge in [-0.05, 0) is 13.3 Å². The second-order valence-corrected chi connectivity index (χ2v) is 8.86. The number of hydrogen-bond acceptors (Lipinski definition) is 7. The standard InChI is InChI=1S/C22H28N8O3/c1-5-15-17(12(2)26-27-15)19-25-18-20(29(19)4)23-11-24-21(18)33-14-6-7-30(10-14)22(32)13-8-16(31)28(3)9-13/h11,13-14H,5-10H2,1-4H3,(H,26,27)/t13?,14-/m0/s1. The number of carbonyl (C=O) groups is 2. The molecular formula is C22H28N8O3. The first-order chi connectivity index (χ1) is 15.9. The topological polar surface area (TPSA) is 122 Å². The number of nitrogens with one attached hydrogen (secondary N) is 1. The summed E-state index contributed by atoms with van der Waals surface area (Å²) in [6.07, 6.45) is 3.06. The molecule has 2 aliphatic heterocycles. The Morgan fingerprint density at radius 1 is 1.27 bits per heavy atom. The molecule has 0 aliphatic carbocycles. The van der Waals surface area contributed by atoms with Gasteiger partial charge < -0.3 is 19.1 Å². The van der Waals surface area contributed by atoms with Crippen LogP contribution in [-0.4, -0.2) is 84.1 Å². The molecule has 2 amide bonds. The highest BCUT2D eigenvalue weighted by atomic mass is 16.5. The van der Waals surface area contributed by atoms with Crippen LogP contribution in [0.3, 0.4) is 0 Å². The average molecular weight is 453 g/mol. The predicted molar refractivity (Wildman–Crippen MR) is 119 cm³/mol. The van der Waals surface area contributed by atoms with E-state index in [4.69, 9.17) is 9.72 Å². The number of fused-ring (bicyclic) bond motifs is 1. The Hall–Kier alpha value is -3.50. The number of rotatable bonds is 5. The van der Waals surface area contributed by atoms with E-state index < -0.39 is 0 Å². The molecule has 174 valence electrons. The highest BCUT2D eigenvalue weighted by molar-refractivity contribution is 5.89. The molecule has 0 bridgehead atoms. The summed E-state index contributed by atoms with van der Waals surface area (Å²) in [5.41, 5.74) is 4.13. The molecule has 5 rings (SSSR count). The van der Waals surface area contributed by atoms with Gasteiger partial charge in [0.1, 0.15) is 18.3 Å². The molecule has 33 heavy (non-hydrogen) atoms. The third-order valence-electron chi connectivity index (χ3n) is 6.63. The first-order valence-corrected chi connectivity index (χ1v) is 11.3. The number of carbonyl (C=O) groups excluding carboxylic acids is 2. The number of aryl methyl sites for hydroxylation is 3. The SMILES string of the molecule is CCc1n[nH]c(C)c1-c1nc2c(O[C@H]3CCN(C(=O)C4CC(=O)N(C)C4)C3)ncnc2n1C. The summed E-state index contributed by atoms with van der Waals surface area (Å²) in [5, 5.41) is 7.43. The molecule has 2 saturated heterocycles. The van der Waals surface area contributed by atoms with Gasteiger partial charge in [0.25, 0.3) is 0 Å². The minimum Gasteiger partial charge on any atom is -0.471 e. The summed E-state index contributed by atoms with van der Waals surface area (Å²) < 4.78 is 8.15. The van der Waals surface area contributed by atoms with Crippen molar-refractivity contribution in [3.63, 3.8) is 0 Å². The highest BCUT2D eigenvalue weighted by Gasteiger charge is 2.38. The zero-order chi connectivity index (χ0) is 23.3. The average Bonchev–Trinajstić information content (AvgIpc) is 3.56. The van der Waals surface area contributed by atoms with Crippen LogP contribution in [0.1, 0.15) is 31.2 Å². The number of nitrogens with zero attached hydrogens (tertiary/aromatic N) is 7. The van der Waals surface area contributed by atoms with Gasteiger partial charge >= 0.3 is 0 Å². The van der Waals surface area contributed by atoms with Crippen LogP contribution in [0.5, 0.6) is 5.88 Å². The highest BCUT2D eigenvalue weighted by Crippen LogP contribution is 2.31. The maximum Gasteiger partial charge on any atom is 0.245 e. The van der Waals surface area contributed by atoms with Crippen molar-refractivity contribution in [3.05, 3.63) is 17.7 Å². The summed E-state index contributed by atoms with van der Waals surface area (Å²) in [4.78, 5) is 41.7. The number of H-pyrrole nitrogens is 1. The van der Waals surface area contributed by atoms with Crippen LogP contribution in [0, 0.1) is 12.8 Å². The number of ether oxygens (including phenoxy) is 1. The summed E-state index contributed by atoms with van der Waals surface area (Å²) in [5.74, 6) is 0.951. The molecule has 1 unspecified atom stereocenters. The van der Waals surface area contributed by atoms with Gasteiger partial charge in [-0.1, -0.05) is 6.92 Å². The Morgan fingerprint density at radius 3 is 2.82 bits per heavy atom. The van der Waals surface area contributed by atoms with Crippen LogP contribution in [0.4, 0.5) is 0 Å². The van der Waals surface area contributed by atoms with Crippen LogP contribution >= 0.6 is 0 Å². The maximum atomic E-state index is 12.9. The van der Waals surface area contributed by atoms with E-state index in [1.165, 1.54) is 6.33 Å². The molecule has 2 atom stereocenters. The van der Waals surface area contributed by atoms with Gasteiger partial charge in [-0.2, -0.15) is 10.1 Å². The van der Waals surface area contributed by atoms with Crippen molar-refractivity contribution in [3.8, 4) is 17.3 Å². The second-order valence-electron chi connectivity index (χ2n) is 8.86. The summed E-state index contributed by atoms with van der Waals surface area (Å²) in [6.45, 7) is 5.59. The Balaban J connectivity index is 1.36. The fraction of sp³-hybridized carbons (Fsp3) is 0.545. The van der Waals surface area contributed by atoms with E-state index in [-0.39, 0.29) is 30.3 Å². The zero-order valence-electron chi connectivity index (χ0n) is 19.3. The number of likely N-dealkylation sites (tertiary alicyclic amines) is 2. The van der Waals surface area contributed by atoms with Crippen LogP contribution in [0.2, 0.25) is 0 Å². The van der Waals surface area contributed by atoms with Crippen molar-refractivity contribution in [2.24, 2.45) is 13.0 Å². The molecule has 2 aliphatic rings. The molecule has 1 N–H and O–H groups in total. The Kier molecular flexibility index (Phi) is 5.26. The largest absolute Gasteiger partial charge is 0.471 e. The lowest BCUT2D eigenvalue weighted by Gasteiger charge is -2.20. The maximum absolute atomic E-state index is 12.9. The van der Waals surface area contributed by atoms with Gasteiger partial charge in [-0.3, -0.25) is 14.7 Å². The molecule has 5 heterocycles. The minimum absolute atomic E-state index is 0.0220. The normalized spacial score (nSPS) is 20.9. The van der Waals surface area contributed by atoms with Gasteiger partial charge in [-0.15, -0.1) is 0 Å². The summed E-state index contributed by atoms with van der Waals surface area (Å²) in [7, 11) is 3.66. The molecule has 0 saturated carbocycles. The van der Waals surface area contributed by atoms with E-state index >= 15 is 0 Å². The third-order valence-corrected chi connectivity index (χ3v) is 6.63. The fourth-order valence-electron chi connectivity index (χ4n) is 4.79. The quantitative estimate of drug-likeness (QED) is 0.615. The summed E-state index contributed by atoms with van der Waals surface area (Å²) >= 11 is 0. The van der Waals surface area contributed by atoms with Gasteiger partial charge in [-0.25, -0.2) is 9.97 Å². The van der Waals surface area contributed by atoms with Crippen molar-refractivity contribution in [2.75, 3.05) is 26.7 Å². The van der Waals surface area contributed by atoms with E-state index in [2.05, 4.69) is 27.1 Å². The lowest BCUT2D eigenvalue weighted by Crippen LogP contribution is -2.36. The third kappa shape index (κ3) is 3.61. The van der Waals surface area contributed by atoms with E-state index in [9.17, 15) is 9.59 Å². The Labute approximate surface area is 191 Å². The van der Waals surface area contributed by atoms with Crippen molar-refractivity contribution in [1.82, 2.24) is 39.5 Å². The monoisotopic (exact) mass is 452 g/mol.